The van der Waals surface area contributed by atoms with Crippen LogP contribution < -0.4 is 10.1 Å². The normalized spacial score (nSPS) is 12.3. The van der Waals surface area contributed by atoms with Crippen LogP contribution in [-0.2, 0) is 0 Å². The summed E-state index contributed by atoms with van der Waals surface area (Å²) in [6.07, 6.45) is 0.736. The van der Waals surface area contributed by atoms with E-state index in [1.54, 1.807) is 12.1 Å². The Morgan fingerprint density at radius 3 is 2.63 bits per heavy atom. The summed E-state index contributed by atoms with van der Waals surface area (Å²) < 4.78 is 4.97. The number of hydrogen-bond acceptors (Lipinski definition) is 5. The maximum Gasteiger partial charge on any atom is 0.296 e. The molecule has 0 saturated heterocycles. The van der Waals surface area contributed by atoms with Crippen LogP contribution in [0.4, 0.5) is 11.4 Å². The van der Waals surface area contributed by atoms with Crippen LogP contribution in [-0.4, -0.2) is 29.8 Å². The third-order valence-electron chi connectivity index (χ3n) is 2.74. The summed E-state index contributed by atoms with van der Waals surface area (Å²) in [6.45, 7) is 4.00. The summed E-state index contributed by atoms with van der Waals surface area (Å²) >= 11 is 0. The zero-order valence-electron chi connectivity index (χ0n) is 11.4. The largest absolute Gasteiger partial charge is 0.496 e. The smallest absolute Gasteiger partial charge is 0.296 e. The maximum atomic E-state index is 11.0. The van der Waals surface area contributed by atoms with E-state index >= 15 is 0 Å². The highest BCUT2D eigenvalue weighted by atomic mass is 16.6. The lowest BCUT2D eigenvalue weighted by Gasteiger charge is -2.19. The predicted octanol–water partition coefficient (Wildman–Crippen LogP) is 2.42. The zero-order chi connectivity index (χ0) is 14.4. The van der Waals surface area contributed by atoms with Gasteiger partial charge in [0, 0.05) is 6.04 Å². The second-order valence-corrected chi connectivity index (χ2v) is 4.79. The van der Waals surface area contributed by atoms with E-state index in [1.807, 2.05) is 13.8 Å². The van der Waals surface area contributed by atoms with E-state index in [0.29, 0.717) is 17.4 Å². The molecule has 0 aromatic heterocycles. The van der Waals surface area contributed by atoms with Crippen LogP contribution in [0.1, 0.15) is 20.3 Å². The van der Waals surface area contributed by atoms with Gasteiger partial charge in [-0.05, 0) is 24.5 Å². The van der Waals surface area contributed by atoms with Crippen molar-refractivity contribution in [3.63, 3.8) is 0 Å². The number of benzene rings is 1. The first-order valence-corrected chi connectivity index (χ1v) is 6.17. The topological polar surface area (TPSA) is 84.6 Å². The van der Waals surface area contributed by atoms with Gasteiger partial charge in [0.15, 0.2) is 0 Å². The number of aliphatic hydroxyl groups is 1. The van der Waals surface area contributed by atoms with Gasteiger partial charge in [-0.1, -0.05) is 13.8 Å². The van der Waals surface area contributed by atoms with E-state index in [0.717, 1.165) is 6.42 Å². The maximum absolute atomic E-state index is 11.0. The molecule has 0 amide bonds. The lowest BCUT2D eigenvalue weighted by atomic mass is 10.0. The van der Waals surface area contributed by atoms with E-state index < -0.39 is 4.92 Å². The van der Waals surface area contributed by atoms with Gasteiger partial charge in [0.05, 0.1) is 24.7 Å². The first kappa shape index (κ1) is 15.2. The fourth-order valence-corrected chi connectivity index (χ4v) is 1.88. The molecule has 0 aliphatic carbocycles. The van der Waals surface area contributed by atoms with Gasteiger partial charge in [-0.2, -0.15) is 0 Å². The summed E-state index contributed by atoms with van der Waals surface area (Å²) in [5.41, 5.74) is 0.340. The SMILES string of the molecule is COc1ccc(NC(CO)CC(C)C)c([N+](=O)[O-])c1. The van der Waals surface area contributed by atoms with Gasteiger partial charge >= 0.3 is 0 Å². The van der Waals surface area contributed by atoms with Crippen molar-refractivity contribution in [2.75, 3.05) is 19.0 Å². The molecule has 1 aromatic rings. The number of nitro benzene ring substituents is 1. The van der Waals surface area contributed by atoms with Gasteiger partial charge < -0.3 is 15.2 Å². The van der Waals surface area contributed by atoms with Crippen LogP contribution in [0.15, 0.2) is 18.2 Å². The number of nitrogens with one attached hydrogen (secondary N) is 1. The Morgan fingerprint density at radius 2 is 2.16 bits per heavy atom. The Morgan fingerprint density at radius 1 is 1.47 bits per heavy atom. The Hall–Kier alpha value is -1.82. The Labute approximate surface area is 112 Å². The molecule has 6 heteroatoms. The molecule has 0 saturated carbocycles. The first-order valence-electron chi connectivity index (χ1n) is 6.17. The first-order chi connectivity index (χ1) is 8.97. The summed E-state index contributed by atoms with van der Waals surface area (Å²) in [7, 11) is 1.46. The molecule has 0 aliphatic rings. The second-order valence-electron chi connectivity index (χ2n) is 4.79. The van der Waals surface area contributed by atoms with Gasteiger partial charge in [0.2, 0.25) is 0 Å². The van der Waals surface area contributed by atoms with Gasteiger partial charge in [-0.3, -0.25) is 10.1 Å². The summed E-state index contributed by atoms with van der Waals surface area (Å²) in [6, 6.07) is 4.41. The number of hydrogen-bond donors (Lipinski definition) is 2. The molecule has 6 nitrogen and oxygen atoms in total. The van der Waals surface area contributed by atoms with Gasteiger partial charge in [-0.25, -0.2) is 0 Å². The standard InChI is InChI=1S/C13H20N2O4/c1-9(2)6-10(8-16)14-12-5-4-11(19-3)7-13(12)15(17)18/h4-5,7,9-10,14,16H,6,8H2,1-3H3. The van der Waals surface area contributed by atoms with Crippen molar-refractivity contribution in [3.05, 3.63) is 28.3 Å². The van der Waals surface area contributed by atoms with E-state index in [1.165, 1.54) is 13.2 Å². The minimum atomic E-state index is -0.464. The summed E-state index contributed by atoms with van der Waals surface area (Å²) in [5, 5.41) is 23.4. The van der Waals surface area contributed by atoms with Crippen LogP contribution in [0.3, 0.4) is 0 Å². The number of aliphatic hydroxyl groups excluding tert-OH is 1. The Balaban J connectivity index is 2.95. The van der Waals surface area contributed by atoms with Crippen molar-refractivity contribution < 1.29 is 14.8 Å². The molecule has 0 heterocycles. The molecule has 0 aliphatic heterocycles. The molecule has 0 bridgehead atoms. The van der Waals surface area contributed by atoms with Crippen LogP contribution in [0.2, 0.25) is 0 Å². The van der Waals surface area contributed by atoms with Crippen LogP contribution in [0.25, 0.3) is 0 Å². The second kappa shape index (κ2) is 6.94. The molecule has 106 valence electrons. The van der Waals surface area contributed by atoms with Crippen LogP contribution in [0.5, 0.6) is 5.75 Å². The van der Waals surface area contributed by atoms with Crippen molar-refractivity contribution in [1.82, 2.24) is 0 Å². The molecule has 19 heavy (non-hydrogen) atoms. The highest BCUT2D eigenvalue weighted by Crippen LogP contribution is 2.29. The number of methoxy groups -OCH3 is 1. The molecule has 0 radical (unpaired) electrons. The quantitative estimate of drug-likeness (QED) is 0.586. The molecule has 0 spiro atoms. The molecule has 1 aromatic carbocycles. The van der Waals surface area contributed by atoms with Crippen LogP contribution >= 0.6 is 0 Å². The highest BCUT2D eigenvalue weighted by molar-refractivity contribution is 5.64. The zero-order valence-corrected chi connectivity index (χ0v) is 11.4. The number of nitrogens with zero attached hydrogens (tertiary/aromatic N) is 1. The van der Waals surface area contributed by atoms with Gasteiger partial charge in [-0.15, -0.1) is 0 Å². The highest BCUT2D eigenvalue weighted by Gasteiger charge is 2.18. The third kappa shape index (κ3) is 4.40. The van der Waals surface area contributed by atoms with E-state index in [-0.39, 0.29) is 18.3 Å². The molecular weight excluding hydrogens is 248 g/mol. The minimum absolute atomic E-state index is 0.0541. The van der Waals surface area contributed by atoms with Crippen molar-refractivity contribution >= 4 is 11.4 Å². The van der Waals surface area contributed by atoms with Crippen molar-refractivity contribution in [1.29, 1.82) is 0 Å². The monoisotopic (exact) mass is 268 g/mol. The summed E-state index contributed by atoms with van der Waals surface area (Å²) in [5.74, 6) is 0.823. The number of rotatable bonds is 7. The number of nitro groups is 1. The van der Waals surface area contributed by atoms with E-state index in [4.69, 9.17) is 4.74 Å². The lowest BCUT2D eigenvalue weighted by Crippen LogP contribution is -2.26. The fraction of sp³-hybridized carbons (Fsp3) is 0.538. The van der Waals surface area contributed by atoms with Crippen molar-refractivity contribution in [2.24, 2.45) is 5.92 Å². The lowest BCUT2D eigenvalue weighted by molar-refractivity contribution is -0.384. The average Bonchev–Trinajstić information content (AvgIpc) is 2.37. The molecule has 0 fully saturated rings. The summed E-state index contributed by atoms with van der Waals surface area (Å²) in [4.78, 5) is 10.6. The number of anilines is 1. The van der Waals surface area contributed by atoms with Gasteiger partial charge in [0.1, 0.15) is 11.4 Å². The average molecular weight is 268 g/mol. The van der Waals surface area contributed by atoms with E-state index in [9.17, 15) is 15.2 Å². The Kier molecular flexibility index (Phi) is 5.57. The van der Waals surface area contributed by atoms with Gasteiger partial charge in [0.25, 0.3) is 5.69 Å². The molecule has 1 atom stereocenters. The fourth-order valence-electron chi connectivity index (χ4n) is 1.88. The molecule has 2 N–H and O–H groups in total. The third-order valence-corrected chi connectivity index (χ3v) is 2.74. The van der Waals surface area contributed by atoms with E-state index in [2.05, 4.69) is 5.32 Å². The molecule has 1 unspecified atom stereocenters. The molecule has 1 rings (SSSR count). The predicted molar refractivity (Wildman–Crippen MR) is 73.6 cm³/mol. The minimum Gasteiger partial charge on any atom is -0.496 e. The Bertz CT molecular complexity index is 435. The molecular formula is C13H20N2O4. The van der Waals surface area contributed by atoms with Crippen LogP contribution in [0, 0.1) is 16.0 Å². The van der Waals surface area contributed by atoms with Crippen molar-refractivity contribution in [3.8, 4) is 5.75 Å². The van der Waals surface area contributed by atoms with Crippen molar-refractivity contribution in [2.45, 2.75) is 26.3 Å². The number of ether oxygens (including phenoxy) is 1.